The van der Waals surface area contributed by atoms with Crippen molar-refractivity contribution in [2.45, 2.75) is 33.2 Å². The molecule has 0 aliphatic carbocycles. The fraction of sp³-hybridized carbons (Fsp3) is 0.421. The molecule has 0 atom stereocenters. The number of rotatable bonds is 9. The maximum Gasteiger partial charge on any atom is 0.241 e. The second kappa shape index (κ2) is 11.3. The van der Waals surface area contributed by atoms with Gasteiger partial charge in [-0.1, -0.05) is 37.3 Å². The van der Waals surface area contributed by atoms with Crippen molar-refractivity contribution in [3.63, 3.8) is 0 Å². The lowest BCUT2D eigenvalue weighted by molar-refractivity contribution is -0.119. The van der Waals surface area contributed by atoms with Crippen LogP contribution in [0.5, 0.6) is 0 Å². The van der Waals surface area contributed by atoms with Gasteiger partial charge in [-0.3, -0.25) is 4.79 Å². The molecule has 0 aliphatic heterocycles. The average molecular weight is 374 g/mol. The van der Waals surface area contributed by atoms with E-state index in [1.165, 1.54) is 10.4 Å². The summed E-state index contributed by atoms with van der Waals surface area (Å²) in [6, 6.07) is 10.1. The zero-order chi connectivity index (χ0) is 18.6. The van der Waals surface area contributed by atoms with E-state index in [9.17, 15) is 4.79 Å². The van der Waals surface area contributed by atoms with Crippen LogP contribution in [0.4, 0.5) is 0 Å². The van der Waals surface area contributed by atoms with E-state index in [4.69, 9.17) is 0 Å². The molecule has 0 unspecified atom stereocenters. The quantitative estimate of drug-likeness (QED) is 0.465. The highest BCUT2D eigenvalue weighted by Gasteiger charge is 2.04. The molecule has 1 amide bonds. The van der Waals surface area contributed by atoms with Gasteiger partial charge in [-0.25, -0.2) is 9.98 Å². The molecule has 7 heteroatoms. The summed E-state index contributed by atoms with van der Waals surface area (Å²) >= 11 is 1.69. The molecule has 6 nitrogen and oxygen atoms in total. The van der Waals surface area contributed by atoms with Gasteiger partial charge < -0.3 is 16.0 Å². The summed E-state index contributed by atoms with van der Waals surface area (Å²) in [5.41, 5.74) is 1.21. The number of hydrogen-bond acceptors (Lipinski definition) is 4. The van der Waals surface area contributed by atoms with Crippen molar-refractivity contribution in [2.75, 3.05) is 19.6 Å². The summed E-state index contributed by atoms with van der Waals surface area (Å²) in [6.45, 7) is 6.16. The molecule has 26 heavy (non-hydrogen) atoms. The van der Waals surface area contributed by atoms with Gasteiger partial charge >= 0.3 is 0 Å². The first-order valence-corrected chi connectivity index (χ1v) is 9.79. The summed E-state index contributed by atoms with van der Waals surface area (Å²) < 4.78 is 0. The molecule has 0 bridgehead atoms. The van der Waals surface area contributed by atoms with E-state index in [-0.39, 0.29) is 12.5 Å². The van der Waals surface area contributed by atoms with E-state index in [1.54, 1.807) is 11.3 Å². The maximum absolute atomic E-state index is 12.0. The van der Waals surface area contributed by atoms with Crippen LogP contribution < -0.4 is 16.0 Å². The van der Waals surface area contributed by atoms with E-state index >= 15 is 0 Å². The molecule has 0 fully saturated rings. The molecule has 3 N–H and O–H groups in total. The van der Waals surface area contributed by atoms with Crippen molar-refractivity contribution in [3.05, 3.63) is 52.0 Å². The normalized spacial score (nSPS) is 11.2. The van der Waals surface area contributed by atoms with Crippen LogP contribution in [0.15, 0.2) is 41.5 Å². The van der Waals surface area contributed by atoms with Crippen LogP contribution in [0.3, 0.4) is 0 Å². The van der Waals surface area contributed by atoms with Gasteiger partial charge in [0, 0.05) is 24.2 Å². The van der Waals surface area contributed by atoms with Crippen LogP contribution in [-0.2, 0) is 24.2 Å². The Morgan fingerprint density at radius 3 is 2.65 bits per heavy atom. The van der Waals surface area contributed by atoms with Gasteiger partial charge in [0.2, 0.25) is 5.91 Å². The van der Waals surface area contributed by atoms with Gasteiger partial charge in [-0.2, -0.15) is 0 Å². The minimum absolute atomic E-state index is 0.0827. The smallest absolute Gasteiger partial charge is 0.241 e. The van der Waals surface area contributed by atoms with Crippen molar-refractivity contribution in [2.24, 2.45) is 4.99 Å². The van der Waals surface area contributed by atoms with Gasteiger partial charge in [-0.15, -0.1) is 11.3 Å². The number of amides is 1. The minimum Gasteiger partial charge on any atom is -0.357 e. The van der Waals surface area contributed by atoms with Crippen molar-refractivity contribution >= 4 is 23.2 Å². The number of nitrogens with zero attached hydrogens (tertiary/aromatic N) is 2. The largest absolute Gasteiger partial charge is 0.357 e. The van der Waals surface area contributed by atoms with Crippen LogP contribution >= 0.6 is 11.3 Å². The van der Waals surface area contributed by atoms with Crippen LogP contribution in [0.2, 0.25) is 0 Å². The highest BCUT2D eigenvalue weighted by Crippen LogP contribution is 2.12. The van der Waals surface area contributed by atoms with E-state index in [1.807, 2.05) is 31.3 Å². The van der Waals surface area contributed by atoms with Gasteiger partial charge in [0.25, 0.3) is 0 Å². The van der Waals surface area contributed by atoms with Crippen molar-refractivity contribution < 1.29 is 4.79 Å². The molecule has 0 aliphatic rings. The Morgan fingerprint density at radius 2 is 1.96 bits per heavy atom. The summed E-state index contributed by atoms with van der Waals surface area (Å²) in [5, 5.41) is 10.3. The van der Waals surface area contributed by atoms with E-state index in [0.29, 0.717) is 19.0 Å². The van der Waals surface area contributed by atoms with E-state index in [2.05, 4.69) is 45.0 Å². The second-order valence-corrected chi connectivity index (χ2v) is 6.91. The highest BCUT2D eigenvalue weighted by atomic mass is 32.1. The number of guanidine groups is 1. The SMILES string of the molecule is CCNC(=NCC(=O)NCCc1ccccc1)NCc1ncc(CC)s1. The standard InChI is InChI=1S/C19H27N5OS/c1-3-16-12-22-18(26-16)14-24-19(20-4-2)23-13-17(25)21-11-10-15-8-6-5-7-9-15/h5-9,12H,3-4,10-11,13-14H2,1-2H3,(H,21,25)(H2,20,23,24). The lowest BCUT2D eigenvalue weighted by Gasteiger charge is -2.10. The Labute approximate surface area is 159 Å². The third kappa shape index (κ3) is 7.23. The number of aliphatic imine (C=N–C) groups is 1. The first-order valence-electron chi connectivity index (χ1n) is 8.97. The van der Waals surface area contributed by atoms with E-state index in [0.717, 1.165) is 24.4 Å². The minimum atomic E-state index is -0.0827. The molecule has 0 saturated carbocycles. The maximum atomic E-state index is 12.0. The zero-order valence-electron chi connectivity index (χ0n) is 15.4. The predicted octanol–water partition coefficient (Wildman–Crippen LogP) is 2.12. The fourth-order valence-corrected chi connectivity index (χ4v) is 3.09. The molecular formula is C19H27N5OS. The van der Waals surface area contributed by atoms with Gasteiger partial charge in [0.05, 0.1) is 6.54 Å². The summed E-state index contributed by atoms with van der Waals surface area (Å²) in [4.78, 5) is 22.0. The molecule has 0 radical (unpaired) electrons. The number of thiazole rings is 1. The number of aryl methyl sites for hydroxylation is 1. The number of nitrogens with one attached hydrogen (secondary N) is 3. The molecular weight excluding hydrogens is 346 g/mol. The first-order chi connectivity index (χ1) is 12.7. The highest BCUT2D eigenvalue weighted by molar-refractivity contribution is 7.11. The molecule has 1 aromatic heterocycles. The Kier molecular flexibility index (Phi) is 8.62. The number of hydrogen-bond donors (Lipinski definition) is 3. The number of aromatic nitrogens is 1. The molecule has 2 rings (SSSR count). The third-order valence-electron chi connectivity index (χ3n) is 3.66. The third-order valence-corrected chi connectivity index (χ3v) is 4.80. The Morgan fingerprint density at radius 1 is 1.15 bits per heavy atom. The number of carbonyl (C=O) groups excluding carboxylic acids is 1. The number of benzene rings is 1. The molecule has 140 valence electrons. The van der Waals surface area contributed by atoms with Crippen LogP contribution in [0.1, 0.15) is 29.3 Å². The predicted molar refractivity (Wildman–Crippen MR) is 107 cm³/mol. The topological polar surface area (TPSA) is 78.4 Å². The van der Waals surface area contributed by atoms with Crippen LogP contribution in [0, 0.1) is 0 Å². The fourth-order valence-electron chi connectivity index (χ4n) is 2.29. The van der Waals surface area contributed by atoms with Crippen LogP contribution in [0.25, 0.3) is 0 Å². The van der Waals surface area contributed by atoms with Gasteiger partial charge in [-0.05, 0) is 25.3 Å². The Bertz CT molecular complexity index is 699. The summed E-state index contributed by atoms with van der Waals surface area (Å²) in [7, 11) is 0. The molecule has 0 spiro atoms. The Hall–Kier alpha value is -2.41. The lowest BCUT2D eigenvalue weighted by Crippen LogP contribution is -2.38. The molecule has 1 aromatic carbocycles. The monoisotopic (exact) mass is 373 g/mol. The van der Waals surface area contributed by atoms with Crippen molar-refractivity contribution in [3.8, 4) is 0 Å². The molecule has 1 heterocycles. The van der Waals surface area contributed by atoms with Crippen LogP contribution in [-0.4, -0.2) is 36.5 Å². The van der Waals surface area contributed by atoms with Crippen molar-refractivity contribution in [1.82, 2.24) is 20.9 Å². The second-order valence-electron chi connectivity index (χ2n) is 5.71. The number of carbonyl (C=O) groups is 1. The molecule has 0 saturated heterocycles. The Balaban J connectivity index is 1.74. The van der Waals surface area contributed by atoms with Gasteiger partial charge in [0.1, 0.15) is 11.6 Å². The summed E-state index contributed by atoms with van der Waals surface area (Å²) in [6.07, 6.45) is 3.72. The lowest BCUT2D eigenvalue weighted by atomic mass is 10.1. The average Bonchev–Trinajstić information content (AvgIpc) is 3.13. The molecule has 2 aromatic rings. The van der Waals surface area contributed by atoms with E-state index < -0.39 is 0 Å². The summed E-state index contributed by atoms with van der Waals surface area (Å²) in [5.74, 6) is 0.541. The van der Waals surface area contributed by atoms with Crippen molar-refractivity contribution in [1.29, 1.82) is 0 Å². The van der Waals surface area contributed by atoms with Gasteiger partial charge in [0.15, 0.2) is 5.96 Å². The zero-order valence-corrected chi connectivity index (χ0v) is 16.2. The first kappa shape index (κ1) is 19.9.